The molecule has 1 aromatic rings. The molecule has 106 valence electrons. The molecule has 1 rings (SSSR count). The standard InChI is InChI=1S/C13H22N4O2/c1-8(2)15-12(18)10(5)16-11-13(19)17(9(3)4)7-6-14-11/h6-10H,1-5H3,(H,14,16)(H,15,18). The third kappa shape index (κ3) is 4.08. The molecular weight excluding hydrogens is 244 g/mol. The first-order valence-electron chi connectivity index (χ1n) is 6.47. The summed E-state index contributed by atoms with van der Waals surface area (Å²) in [6.07, 6.45) is 3.19. The van der Waals surface area contributed by atoms with Gasteiger partial charge < -0.3 is 15.2 Å². The fourth-order valence-corrected chi connectivity index (χ4v) is 1.61. The molecule has 1 heterocycles. The lowest BCUT2D eigenvalue weighted by Crippen LogP contribution is -2.42. The Hall–Kier alpha value is -1.85. The lowest BCUT2D eigenvalue weighted by molar-refractivity contribution is -0.122. The van der Waals surface area contributed by atoms with E-state index in [0.717, 1.165) is 0 Å². The Bertz CT molecular complexity index is 494. The zero-order chi connectivity index (χ0) is 14.6. The monoisotopic (exact) mass is 266 g/mol. The van der Waals surface area contributed by atoms with E-state index in [0.29, 0.717) is 0 Å². The van der Waals surface area contributed by atoms with Crippen molar-refractivity contribution in [1.82, 2.24) is 14.9 Å². The average Bonchev–Trinajstić information content (AvgIpc) is 2.30. The number of carbonyl (C=O) groups excluding carboxylic acids is 1. The van der Waals surface area contributed by atoms with Crippen LogP contribution in [0.15, 0.2) is 17.2 Å². The Morgan fingerprint density at radius 1 is 1.26 bits per heavy atom. The van der Waals surface area contributed by atoms with Gasteiger partial charge in [-0.2, -0.15) is 0 Å². The molecule has 6 heteroatoms. The second kappa shape index (κ2) is 6.36. The molecule has 1 unspecified atom stereocenters. The Labute approximate surface area is 113 Å². The molecule has 0 aliphatic carbocycles. The van der Waals surface area contributed by atoms with Gasteiger partial charge in [0.05, 0.1) is 0 Å². The van der Waals surface area contributed by atoms with Gasteiger partial charge in [0.2, 0.25) is 5.91 Å². The molecule has 1 amide bonds. The van der Waals surface area contributed by atoms with Crippen molar-refractivity contribution in [3.05, 3.63) is 22.7 Å². The smallest absolute Gasteiger partial charge is 0.293 e. The molecule has 2 N–H and O–H groups in total. The van der Waals surface area contributed by atoms with E-state index >= 15 is 0 Å². The van der Waals surface area contributed by atoms with E-state index in [1.165, 1.54) is 0 Å². The van der Waals surface area contributed by atoms with Gasteiger partial charge in [0.15, 0.2) is 5.82 Å². The van der Waals surface area contributed by atoms with Crippen LogP contribution in [-0.4, -0.2) is 27.5 Å². The second-order valence-electron chi connectivity index (χ2n) is 5.11. The number of aromatic nitrogens is 2. The van der Waals surface area contributed by atoms with Crippen LogP contribution in [-0.2, 0) is 4.79 Å². The van der Waals surface area contributed by atoms with E-state index in [2.05, 4.69) is 15.6 Å². The highest BCUT2D eigenvalue weighted by Gasteiger charge is 2.16. The summed E-state index contributed by atoms with van der Waals surface area (Å²) in [6.45, 7) is 9.31. The third-order valence-electron chi connectivity index (χ3n) is 2.60. The summed E-state index contributed by atoms with van der Waals surface area (Å²) < 4.78 is 1.57. The van der Waals surface area contributed by atoms with Crippen LogP contribution in [0.25, 0.3) is 0 Å². The maximum atomic E-state index is 12.1. The van der Waals surface area contributed by atoms with E-state index in [1.54, 1.807) is 23.9 Å². The predicted molar refractivity (Wildman–Crippen MR) is 75.2 cm³/mol. The number of nitrogens with zero attached hydrogens (tertiary/aromatic N) is 2. The molecule has 0 aliphatic heterocycles. The Kier molecular flexibility index (Phi) is 5.09. The van der Waals surface area contributed by atoms with Crippen molar-refractivity contribution in [2.75, 3.05) is 5.32 Å². The van der Waals surface area contributed by atoms with Gasteiger partial charge in [-0.1, -0.05) is 0 Å². The largest absolute Gasteiger partial charge is 0.354 e. The van der Waals surface area contributed by atoms with Crippen molar-refractivity contribution in [2.24, 2.45) is 0 Å². The molecule has 0 aromatic carbocycles. The van der Waals surface area contributed by atoms with Gasteiger partial charge in [-0.15, -0.1) is 0 Å². The van der Waals surface area contributed by atoms with E-state index in [1.807, 2.05) is 27.7 Å². The Morgan fingerprint density at radius 2 is 1.89 bits per heavy atom. The molecule has 0 aliphatic rings. The summed E-state index contributed by atoms with van der Waals surface area (Å²) in [5.74, 6) is 0.0405. The minimum absolute atomic E-state index is 0.0517. The van der Waals surface area contributed by atoms with Gasteiger partial charge in [0, 0.05) is 24.5 Å². The van der Waals surface area contributed by atoms with Crippen LogP contribution in [0, 0.1) is 0 Å². The van der Waals surface area contributed by atoms with Crippen molar-refractivity contribution < 1.29 is 4.79 Å². The highest BCUT2D eigenvalue weighted by molar-refractivity contribution is 5.83. The van der Waals surface area contributed by atoms with Crippen molar-refractivity contribution in [1.29, 1.82) is 0 Å². The molecule has 0 radical (unpaired) electrons. The zero-order valence-corrected chi connectivity index (χ0v) is 12.1. The molecule has 1 atom stereocenters. The first kappa shape index (κ1) is 15.2. The molecule has 1 aromatic heterocycles. The van der Waals surface area contributed by atoms with E-state index in [-0.39, 0.29) is 29.4 Å². The summed E-state index contributed by atoms with van der Waals surface area (Å²) in [6, 6.07) is -0.394. The fourth-order valence-electron chi connectivity index (χ4n) is 1.61. The summed E-state index contributed by atoms with van der Waals surface area (Å²) in [4.78, 5) is 27.9. The predicted octanol–water partition coefficient (Wildman–Crippen LogP) is 1.15. The van der Waals surface area contributed by atoms with Crippen LogP contribution >= 0.6 is 0 Å². The first-order valence-corrected chi connectivity index (χ1v) is 6.47. The number of rotatable bonds is 5. The minimum atomic E-state index is -0.509. The summed E-state index contributed by atoms with van der Waals surface area (Å²) >= 11 is 0. The van der Waals surface area contributed by atoms with Crippen LogP contribution in [0.4, 0.5) is 5.82 Å². The maximum Gasteiger partial charge on any atom is 0.293 e. The number of nitrogens with one attached hydrogen (secondary N) is 2. The number of anilines is 1. The molecule has 19 heavy (non-hydrogen) atoms. The van der Waals surface area contributed by atoms with Crippen molar-refractivity contribution in [3.63, 3.8) is 0 Å². The third-order valence-corrected chi connectivity index (χ3v) is 2.60. The molecule has 0 fully saturated rings. The second-order valence-corrected chi connectivity index (χ2v) is 5.11. The molecule has 0 bridgehead atoms. The normalized spacial score (nSPS) is 12.6. The number of amides is 1. The highest BCUT2D eigenvalue weighted by atomic mass is 16.2. The molecule has 0 saturated heterocycles. The van der Waals surface area contributed by atoms with Crippen LogP contribution in [0.3, 0.4) is 0 Å². The van der Waals surface area contributed by atoms with Gasteiger partial charge >= 0.3 is 0 Å². The van der Waals surface area contributed by atoms with E-state index < -0.39 is 6.04 Å². The maximum absolute atomic E-state index is 12.1. The SMILES string of the molecule is CC(C)NC(=O)C(C)Nc1nccn(C(C)C)c1=O. The minimum Gasteiger partial charge on any atom is -0.354 e. The molecule has 6 nitrogen and oxygen atoms in total. The van der Waals surface area contributed by atoms with Crippen LogP contribution in [0.5, 0.6) is 0 Å². The molecule has 0 spiro atoms. The van der Waals surface area contributed by atoms with E-state index in [9.17, 15) is 9.59 Å². The van der Waals surface area contributed by atoms with Crippen molar-refractivity contribution >= 4 is 11.7 Å². The fraction of sp³-hybridized carbons (Fsp3) is 0.615. The average molecular weight is 266 g/mol. The zero-order valence-electron chi connectivity index (χ0n) is 12.1. The van der Waals surface area contributed by atoms with Gasteiger partial charge in [-0.05, 0) is 34.6 Å². The van der Waals surface area contributed by atoms with Gasteiger partial charge in [0.1, 0.15) is 6.04 Å². The molecular formula is C13H22N4O2. The first-order chi connectivity index (χ1) is 8.82. The lowest BCUT2D eigenvalue weighted by Gasteiger charge is -2.17. The topological polar surface area (TPSA) is 76.0 Å². The van der Waals surface area contributed by atoms with Gasteiger partial charge in [-0.3, -0.25) is 9.59 Å². The quantitative estimate of drug-likeness (QED) is 0.838. The van der Waals surface area contributed by atoms with Gasteiger partial charge in [0.25, 0.3) is 5.56 Å². The van der Waals surface area contributed by atoms with Crippen LogP contribution in [0.1, 0.15) is 40.7 Å². The van der Waals surface area contributed by atoms with E-state index in [4.69, 9.17) is 0 Å². The summed E-state index contributed by atoms with van der Waals surface area (Å²) in [5, 5.41) is 5.64. The summed E-state index contributed by atoms with van der Waals surface area (Å²) in [7, 11) is 0. The lowest BCUT2D eigenvalue weighted by atomic mass is 10.3. The van der Waals surface area contributed by atoms with Crippen molar-refractivity contribution in [3.8, 4) is 0 Å². The van der Waals surface area contributed by atoms with Crippen LogP contribution < -0.4 is 16.2 Å². The van der Waals surface area contributed by atoms with Gasteiger partial charge in [-0.25, -0.2) is 4.98 Å². The Morgan fingerprint density at radius 3 is 2.42 bits per heavy atom. The Balaban J connectivity index is 2.86. The highest BCUT2D eigenvalue weighted by Crippen LogP contribution is 2.03. The summed E-state index contributed by atoms with van der Waals surface area (Å²) in [5.41, 5.74) is -0.221. The number of carbonyl (C=O) groups is 1. The number of hydrogen-bond acceptors (Lipinski definition) is 4. The van der Waals surface area contributed by atoms with Crippen LogP contribution in [0.2, 0.25) is 0 Å². The van der Waals surface area contributed by atoms with Crippen molar-refractivity contribution in [2.45, 2.75) is 52.7 Å². The molecule has 0 saturated carbocycles. The number of hydrogen-bond donors (Lipinski definition) is 2.